The summed E-state index contributed by atoms with van der Waals surface area (Å²) in [5.41, 5.74) is 0.672. The predicted molar refractivity (Wildman–Crippen MR) is 49.7 cm³/mol. The third-order valence-electron chi connectivity index (χ3n) is 3.91. The molecule has 0 aromatic rings. The van der Waals surface area contributed by atoms with E-state index in [0.717, 1.165) is 26.1 Å². The molecule has 4 aliphatic rings. The Labute approximate surface area is 82.8 Å². The highest BCUT2D eigenvalue weighted by atomic mass is 16.5. The van der Waals surface area contributed by atoms with Crippen molar-refractivity contribution in [2.24, 2.45) is 23.7 Å². The molecule has 1 heterocycles. The largest absolute Gasteiger partial charge is 0.478 e. The van der Waals surface area contributed by atoms with Gasteiger partial charge in [0.05, 0.1) is 13.2 Å². The van der Waals surface area contributed by atoms with Crippen molar-refractivity contribution in [1.82, 2.24) is 0 Å². The van der Waals surface area contributed by atoms with Crippen LogP contribution in [-0.4, -0.2) is 24.3 Å². The van der Waals surface area contributed by atoms with Crippen molar-refractivity contribution >= 4 is 5.97 Å². The lowest BCUT2D eigenvalue weighted by atomic mass is 9.59. The van der Waals surface area contributed by atoms with Gasteiger partial charge >= 0.3 is 5.97 Å². The number of hydrogen-bond acceptors (Lipinski definition) is 2. The minimum Gasteiger partial charge on any atom is -0.478 e. The second kappa shape index (κ2) is 2.83. The molecule has 1 saturated carbocycles. The van der Waals surface area contributed by atoms with Crippen LogP contribution in [0.25, 0.3) is 0 Å². The smallest absolute Gasteiger partial charge is 0.331 e. The fourth-order valence-corrected chi connectivity index (χ4v) is 3.49. The zero-order chi connectivity index (χ0) is 9.71. The Balaban J connectivity index is 1.99. The van der Waals surface area contributed by atoms with Crippen LogP contribution in [-0.2, 0) is 9.53 Å². The summed E-state index contributed by atoms with van der Waals surface area (Å²) in [5, 5.41) is 9.11. The molecular formula is C11H14O3. The van der Waals surface area contributed by atoms with Gasteiger partial charge in [-0.2, -0.15) is 0 Å². The van der Waals surface area contributed by atoms with Gasteiger partial charge in [0.15, 0.2) is 0 Å². The number of aliphatic carboxylic acids is 1. The van der Waals surface area contributed by atoms with Gasteiger partial charge in [-0.05, 0) is 30.6 Å². The number of carboxylic acid groups (broad SMARTS) is 1. The van der Waals surface area contributed by atoms with Gasteiger partial charge in [-0.1, -0.05) is 6.08 Å². The summed E-state index contributed by atoms with van der Waals surface area (Å²) in [6, 6.07) is 0. The van der Waals surface area contributed by atoms with Crippen molar-refractivity contribution in [2.45, 2.75) is 12.8 Å². The maximum atomic E-state index is 11.1. The Hall–Kier alpha value is -0.830. The molecule has 3 nitrogen and oxygen atoms in total. The molecule has 76 valence electrons. The van der Waals surface area contributed by atoms with Crippen LogP contribution in [0, 0.1) is 23.7 Å². The van der Waals surface area contributed by atoms with Crippen LogP contribution in [0.15, 0.2) is 11.6 Å². The van der Waals surface area contributed by atoms with E-state index in [2.05, 4.69) is 0 Å². The number of hydrogen-bond donors (Lipinski definition) is 1. The number of ether oxygens (including phenoxy) is 1. The van der Waals surface area contributed by atoms with Crippen molar-refractivity contribution in [2.75, 3.05) is 13.2 Å². The van der Waals surface area contributed by atoms with E-state index in [-0.39, 0.29) is 5.92 Å². The Kier molecular flexibility index (Phi) is 1.71. The Morgan fingerprint density at radius 2 is 2.00 bits per heavy atom. The molecule has 3 aliphatic carbocycles. The highest BCUT2D eigenvalue weighted by Gasteiger charge is 2.47. The fraction of sp³-hybridized carbons (Fsp3) is 0.727. The SMILES string of the molecule is O=C(O)C1=CC2CC3COCC(C2)C13. The van der Waals surface area contributed by atoms with E-state index in [1.807, 2.05) is 6.08 Å². The van der Waals surface area contributed by atoms with Gasteiger partial charge in [0.2, 0.25) is 0 Å². The molecule has 0 aromatic carbocycles. The fourth-order valence-electron chi connectivity index (χ4n) is 3.49. The van der Waals surface area contributed by atoms with Crippen LogP contribution < -0.4 is 0 Å². The van der Waals surface area contributed by atoms with E-state index in [1.54, 1.807) is 0 Å². The first kappa shape index (κ1) is 8.48. The minimum absolute atomic E-state index is 0.284. The summed E-state index contributed by atoms with van der Waals surface area (Å²) in [7, 11) is 0. The topological polar surface area (TPSA) is 46.5 Å². The van der Waals surface area contributed by atoms with Gasteiger partial charge in [0.1, 0.15) is 0 Å². The third kappa shape index (κ3) is 1.05. The third-order valence-corrected chi connectivity index (χ3v) is 3.91. The van der Waals surface area contributed by atoms with Crippen molar-refractivity contribution < 1.29 is 14.6 Å². The first-order chi connectivity index (χ1) is 6.75. The van der Waals surface area contributed by atoms with Crippen LogP contribution in [0.4, 0.5) is 0 Å². The first-order valence-corrected chi connectivity index (χ1v) is 5.28. The van der Waals surface area contributed by atoms with Crippen molar-refractivity contribution in [3.63, 3.8) is 0 Å². The summed E-state index contributed by atoms with van der Waals surface area (Å²) in [4.78, 5) is 11.1. The molecule has 0 amide bonds. The molecule has 0 radical (unpaired) electrons. The molecule has 4 rings (SSSR count). The normalized spacial score (nSPS) is 44.7. The van der Waals surface area contributed by atoms with Gasteiger partial charge in [0, 0.05) is 11.5 Å². The van der Waals surface area contributed by atoms with E-state index < -0.39 is 5.97 Å². The average molecular weight is 194 g/mol. The van der Waals surface area contributed by atoms with Crippen LogP contribution in [0.2, 0.25) is 0 Å². The first-order valence-electron chi connectivity index (χ1n) is 5.28. The monoisotopic (exact) mass is 194 g/mol. The number of carbonyl (C=O) groups is 1. The highest BCUT2D eigenvalue weighted by Crippen LogP contribution is 2.50. The highest BCUT2D eigenvalue weighted by molar-refractivity contribution is 5.87. The standard InChI is InChI=1S/C11H14O3/c12-11(13)9-3-6-1-7-4-14-5-8(2-6)10(7)9/h3,6-8,10H,1-2,4-5H2,(H,12,13). The molecule has 4 bridgehead atoms. The minimum atomic E-state index is -0.712. The quantitative estimate of drug-likeness (QED) is 0.684. The number of allylic oxidation sites excluding steroid dienone is 1. The Bertz CT molecular complexity index is 294. The Morgan fingerprint density at radius 1 is 1.36 bits per heavy atom. The lowest BCUT2D eigenvalue weighted by Crippen LogP contribution is -2.47. The van der Waals surface area contributed by atoms with E-state index in [4.69, 9.17) is 9.84 Å². The van der Waals surface area contributed by atoms with Gasteiger partial charge in [0.25, 0.3) is 0 Å². The lowest BCUT2D eigenvalue weighted by Gasteiger charge is -2.49. The maximum Gasteiger partial charge on any atom is 0.331 e. The molecule has 1 saturated heterocycles. The van der Waals surface area contributed by atoms with Gasteiger partial charge in [-0.3, -0.25) is 0 Å². The van der Waals surface area contributed by atoms with E-state index in [1.165, 1.54) is 0 Å². The number of rotatable bonds is 1. The van der Waals surface area contributed by atoms with E-state index in [9.17, 15) is 4.79 Å². The van der Waals surface area contributed by atoms with Crippen molar-refractivity contribution in [3.05, 3.63) is 11.6 Å². The van der Waals surface area contributed by atoms with Gasteiger partial charge < -0.3 is 9.84 Å². The molecule has 2 atom stereocenters. The molecule has 2 fully saturated rings. The summed E-state index contributed by atoms with van der Waals surface area (Å²) in [6.07, 6.45) is 4.27. The van der Waals surface area contributed by atoms with Crippen LogP contribution in [0.3, 0.4) is 0 Å². The van der Waals surface area contributed by atoms with Crippen molar-refractivity contribution in [3.8, 4) is 0 Å². The molecule has 1 aliphatic heterocycles. The van der Waals surface area contributed by atoms with Crippen LogP contribution in [0.5, 0.6) is 0 Å². The summed E-state index contributed by atoms with van der Waals surface area (Å²) >= 11 is 0. The van der Waals surface area contributed by atoms with Gasteiger partial charge in [-0.25, -0.2) is 4.79 Å². The van der Waals surface area contributed by atoms with Gasteiger partial charge in [-0.15, -0.1) is 0 Å². The molecule has 14 heavy (non-hydrogen) atoms. The van der Waals surface area contributed by atoms with E-state index in [0.29, 0.717) is 23.3 Å². The van der Waals surface area contributed by atoms with Crippen LogP contribution in [0.1, 0.15) is 12.8 Å². The zero-order valence-corrected chi connectivity index (χ0v) is 7.98. The molecule has 3 heteroatoms. The zero-order valence-electron chi connectivity index (χ0n) is 7.98. The molecule has 2 unspecified atom stereocenters. The lowest BCUT2D eigenvalue weighted by molar-refractivity contribution is -0.136. The van der Waals surface area contributed by atoms with Crippen LogP contribution >= 0.6 is 0 Å². The average Bonchev–Trinajstić information content (AvgIpc) is 2.16. The molecular weight excluding hydrogens is 180 g/mol. The second-order valence-corrected chi connectivity index (χ2v) is 4.74. The summed E-state index contributed by atoms with van der Waals surface area (Å²) in [5.74, 6) is 1.03. The maximum absolute atomic E-state index is 11.1. The predicted octanol–water partition coefficient (Wildman–Crippen LogP) is 1.30. The Morgan fingerprint density at radius 3 is 2.57 bits per heavy atom. The summed E-state index contributed by atoms with van der Waals surface area (Å²) in [6.45, 7) is 1.53. The molecule has 1 N–H and O–H groups in total. The molecule has 0 aromatic heterocycles. The van der Waals surface area contributed by atoms with Crippen molar-refractivity contribution in [1.29, 1.82) is 0 Å². The van der Waals surface area contributed by atoms with E-state index >= 15 is 0 Å². The molecule has 0 spiro atoms. The second-order valence-electron chi connectivity index (χ2n) is 4.74. The number of carboxylic acids is 1. The summed E-state index contributed by atoms with van der Waals surface area (Å²) < 4.78 is 5.50.